The number of halogens is 1. The van der Waals surface area contributed by atoms with Gasteiger partial charge in [0.25, 0.3) is 0 Å². The Morgan fingerprint density at radius 1 is 1.07 bits per heavy atom. The van der Waals surface area contributed by atoms with Gasteiger partial charge in [0.15, 0.2) is 0 Å². The van der Waals surface area contributed by atoms with Crippen molar-refractivity contribution in [1.29, 1.82) is 0 Å². The molecule has 7 nitrogen and oxygen atoms in total. The summed E-state index contributed by atoms with van der Waals surface area (Å²) < 4.78 is 33.2. The monoisotopic (exact) mass is 452 g/mol. The summed E-state index contributed by atoms with van der Waals surface area (Å²) in [7, 11) is -3.57. The molecule has 0 amide bonds. The molecule has 0 bridgehead atoms. The normalized spacial score (nSPS) is 15.9. The van der Waals surface area contributed by atoms with E-state index in [1.165, 1.54) is 6.20 Å². The molecular formula is C21H29ClN4O3S. The van der Waals surface area contributed by atoms with Crippen molar-refractivity contribution >= 4 is 27.4 Å². The summed E-state index contributed by atoms with van der Waals surface area (Å²) >= 11 is 5.88. The Bertz CT molecular complexity index is 920. The zero-order chi connectivity index (χ0) is 21.8. The molecule has 1 saturated heterocycles. The van der Waals surface area contributed by atoms with Gasteiger partial charge >= 0.3 is 0 Å². The summed E-state index contributed by atoms with van der Waals surface area (Å²) in [6.07, 6.45) is 1.43. The fourth-order valence-corrected chi connectivity index (χ4v) is 4.69. The van der Waals surface area contributed by atoms with Crippen LogP contribution < -0.4 is 14.4 Å². The van der Waals surface area contributed by atoms with E-state index >= 15 is 0 Å². The third-order valence-electron chi connectivity index (χ3n) is 4.66. The maximum atomic E-state index is 12.4. The lowest BCUT2D eigenvalue weighted by molar-refractivity contribution is 0.200. The molecule has 0 saturated carbocycles. The van der Waals surface area contributed by atoms with Crippen molar-refractivity contribution in [2.75, 3.05) is 44.2 Å². The van der Waals surface area contributed by atoms with Gasteiger partial charge in [-0.1, -0.05) is 11.6 Å². The summed E-state index contributed by atoms with van der Waals surface area (Å²) in [6, 6.07) is 10.8. The smallest absolute Gasteiger partial charge is 0.242 e. The minimum atomic E-state index is -3.57. The fraction of sp³-hybridized carbons (Fsp3) is 0.476. The molecule has 1 aromatic heterocycles. The van der Waals surface area contributed by atoms with Gasteiger partial charge in [-0.3, -0.25) is 4.90 Å². The predicted molar refractivity (Wildman–Crippen MR) is 120 cm³/mol. The Balaban J connectivity index is 1.47. The second-order valence-electron chi connectivity index (χ2n) is 8.34. The van der Waals surface area contributed by atoms with E-state index in [4.69, 9.17) is 16.3 Å². The predicted octanol–water partition coefficient (Wildman–Crippen LogP) is 3.01. The molecular weight excluding hydrogens is 424 g/mol. The number of rotatable bonds is 7. The van der Waals surface area contributed by atoms with E-state index < -0.39 is 15.6 Å². The van der Waals surface area contributed by atoms with Crippen LogP contribution in [0.1, 0.15) is 20.8 Å². The molecule has 1 aliphatic heterocycles. The first-order valence-corrected chi connectivity index (χ1v) is 11.8. The average molecular weight is 453 g/mol. The van der Waals surface area contributed by atoms with Crippen LogP contribution in [-0.2, 0) is 10.0 Å². The van der Waals surface area contributed by atoms with E-state index in [1.807, 2.05) is 45.0 Å². The molecule has 2 aromatic rings. The quantitative estimate of drug-likeness (QED) is 0.696. The molecule has 0 spiro atoms. The summed E-state index contributed by atoms with van der Waals surface area (Å²) in [5.74, 6) is 1.61. The van der Waals surface area contributed by atoms with Gasteiger partial charge in [0.2, 0.25) is 10.0 Å². The number of sulfonamides is 1. The number of nitrogens with one attached hydrogen (secondary N) is 1. The Morgan fingerprint density at radius 2 is 1.73 bits per heavy atom. The lowest BCUT2D eigenvalue weighted by atomic mass is 10.1. The van der Waals surface area contributed by atoms with E-state index in [0.717, 1.165) is 44.3 Å². The number of aromatic nitrogens is 1. The topological polar surface area (TPSA) is 74.8 Å². The number of ether oxygens (including phenoxy) is 1. The minimum Gasteiger partial charge on any atom is -0.492 e. The van der Waals surface area contributed by atoms with Crippen LogP contribution in [-0.4, -0.2) is 63.2 Å². The van der Waals surface area contributed by atoms with Crippen molar-refractivity contribution in [1.82, 2.24) is 14.6 Å². The Morgan fingerprint density at radius 3 is 2.30 bits per heavy atom. The van der Waals surface area contributed by atoms with Gasteiger partial charge in [0, 0.05) is 49.5 Å². The first kappa shape index (κ1) is 22.8. The van der Waals surface area contributed by atoms with Gasteiger partial charge in [0.1, 0.15) is 23.1 Å². The van der Waals surface area contributed by atoms with E-state index in [1.54, 1.807) is 12.1 Å². The largest absolute Gasteiger partial charge is 0.492 e. The van der Waals surface area contributed by atoms with E-state index in [0.29, 0.717) is 11.6 Å². The number of nitrogens with zero attached hydrogens (tertiary/aromatic N) is 3. The number of benzene rings is 1. The molecule has 30 heavy (non-hydrogen) atoms. The summed E-state index contributed by atoms with van der Waals surface area (Å²) in [5, 5.41) is 0.697. The minimum absolute atomic E-state index is 0.180. The molecule has 1 fully saturated rings. The zero-order valence-electron chi connectivity index (χ0n) is 17.6. The molecule has 0 unspecified atom stereocenters. The van der Waals surface area contributed by atoms with Crippen molar-refractivity contribution in [2.45, 2.75) is 31.2 Å². The Hall–Kier alpha value is -1.87. The van der Waals surface area contributed by atoms with Crippen LogP contribution in [0.4, 0.5) is 5.82 Å². The highest BCUT2D eigenvalue weighted by atomic mass is 35.5. The van der Waals surface area contributed by atoms with Crippen molar-refractivity contribution < 1.29 is 13.2 Å². The van der Waals surface area contributed by atoms with E-state index in [-0.39, 0.29) is 4.90 Å². The molecule has 1 aromatic carbocycles. The van der Waals surface area contributed by atoms with Crippen LogP contribution in [0.2, 0.25) is 5.02 Å². The lowest BCUT2D eigenvalue weighted by Gasteiger charge is -2.35. The maximum absolute atomic E-state index is 12.4. The van der Waals surface area contributed by atoms with Gasteiger partial charge in [-0.15, -0.1) is 0 Å². The molecule has 1 N–H and O–H groups in total. The van der Waals surface area contributed by atoms with Crippen molar-refractivity contribution in [3.8, 4) is 5.75 Å². The van der Waals surface area contributed by atoms with E-state index in [9.17, 15) is 8.42 Å². The number of hydrogen-bond donors (Lipinski definition) is 1. The standard InChI is InChI=1S/C21H29ClN4O3S/c1-21(2,3)24-30(27,28)19-8-9-20(23-16-19)26-12-10-25(11-13-26)14-15-29-18-6-4-17(22)5-7-18/h4-9,16,24H,10-15H2,1-3H3. The molecule has 0 aliphatic carbocycles. The van der Waals surface area contributed by atoms with Crippen LogP contribution in [0.5, 0.6) is 5.75 Å². The molecule has 1 aliphatic rings. The highest BCUT2D eigenvalue weighted by Gasteiger charge is 2.23. The van der Waals surface area contributed by atoms with Crippen molar-refractivity contribution in [2.24, 2.45) is 0 Å². The van der Waals surface area contributed by atoms with Crippen LogP contribution >= 0.6 is 11.6 Å². The summed E-state index contributed by atoms with van der Waals surface area (Å²) in [5.41, 5.74) is -0.537. The van der Waals surface area contributed by atoms with Gasteiger partial charge in [-0.05, 0) is 57.2 Å². The lowest BCUT2D eigenvalue weighted by Crippen LogP contribution is -2.47. The highest BCUT2D eigenvalue weighted by Crippen LogP contribution is 2.18. The van der Waals surface area contributed by atoms with Crippen LogP contribution in [0.15, 0.2) is 47.5 Å². The Labute approximate surface area is 184 Å². The van der Waals surface area contributed by atoms with E-state index in [2.05, 4.69) is 19.5 Å². The third-order valence-corrected chi connectivity index (χ3v) is 6.65. The molecule has 3 rings (SSSR count). The van der Waals surface area contributed by atoms with Gasteiger partial charge in [-0.2, -0.15) is 0 Å². The van der Waals surface area contributed by atoms with Gasteiger partial charge in [-0.25, -0.2) is 18.1 Å². The molecule has 0 radical (unpaired) electrons. The third kappa shape index (κ3) is 6.57. The molecule has 2 heterocycles. The number of anilines is 1. The summed E-state index contributed by atoms with van der Waals surface area (Å²) in [4.78, 5) is 9.08. The van der Waals surface area contributed by atoms with Crippen molar-refractivity contribution in [3.63, 3.8) is 0 Å². The average Bonchev–Trinajstić information content (AvgIpc) is 2.68. The Kier molecular flexibility index (Phi) is 7.23. The second-order valence-corrected chi connectivity index (χ2v) is 10.5. The maximum Gasteiger partial charge on any atom is 0.242 e. The highest BCUT2D eigenvalue weighted by molar-refractivity contribution is 7.89. The number of piperazine rings is 1. The van der Waals surface area contributed by atoms with Crippen LogP contribution in [0, 0.1) is 0 Å². The van der Waals surface area contributed by atoms with Gasteiger partial charge < -0.3 is 9.64 Å². The number of pyridine rings is 1. The molecule has 0 atom stereocenters. The first-order valence-electron chi connectivity index (χ1n) is 9.98. The zero-order valence-corrected chi connectivity index (χ0v) is 19.2. The van der Waals surface area contributed by atoms with Crippen LogP contribution in [0.25, 0.3) is 0 Å². The fourth-order valence-electron chi connectivity index (χ4n) is 3.20. The van der Waals surface area contributed by atoms with Crippen molar-refractivity contribution in [3.05, 3.63) is 47.6 Å². The SMILES string of the molecule is CC(C)(C)NS(=O)(=O)c1ccc(N2CCN(CCOc3ccc(Cl)cc3)CC2)nc1. The first-order chi connectivity index (χ1) is 14.1. The van der Waals surface area contributed by atoms with Gasteiger partial charge in [0.05, 0.1) is 0 Å². The molecule has 164 valence electrons. The van der Waals surface area contributed by atoms with Crippen LogP contribution in [0.3, 0.4) is 0 Å². The second kappa shape index (κ2) is 9.51. The summed E-state index contributed by atoms with van der Waals surface area (Å²) in [6.45, 7) is 10.4. The molecule has 9 heteroatoms. The number of hydrogen-bond acceptors (Lipinski definition) is 6.